The molecule has 3 N–H and O–H groups in total. The first-order valence-electron chi connectivity index (χ1n) is 10.3. The second-order valence-electron chi connectivity index (χ2n) is 7.17. The molecule has 0 saturated carbocycles. The van der Waals surface area contributed by atoms with Gasteiger partial charge in [-0.25, -0.2) is 4.39 Å². The van der Waals surface area contributed by atoms with E-state index in [1.165, 1.54) is 25.2 Å². The maximum atomic E-state index is 13.1. The van der Waals surface area contributed by atoms with E-state index in [4.69, 9.17) is 16.3 Å². The van der Waals surface area contributed by atoms with Crippen LogP contribution in [0.1, 0.15) is 26.2 Å². The molecule has 1 heterocycles. The van der Waals surface area contributed by atoms with Crippen molar-refractivity contribution >= 4 is 29.6 Å². The highest BCUT2D eigenvalue weighted by Crippen LogP contribution is 2.13. The minimum atomic E-state index is -0.907. The van der Waals surface area contributed by atoms with Crippen molar-refractivity contribution in [2.75, 3.05) is 26.9 Å². The van der Waals surface area contributed by atoms with Crippen molar-refractivity contribution in [3.63, 3.8) is 0 Å². The van der Waals surface area contributed by atoms with E-state index in [0.29, 0.717) is 37.1 Å². The summed E-state index contributed by atoms with van der Waals surface area (Å²) in [6.45, 7) is 9.98. The molecule has 0 bridgehead atoms. The number of carbonyl (C=O) groups excluding carboxylic acids is 2. The van der Waals surface area contributed by atoms with E-state index in [0.717, 1.165) is 0 Å². The van der Waals surface area contributed by atoms with Crippen LogP contribution < -0.4 is 16.0 Å². The molecular weight excluding hydrogens is 435 g/mol. The van der Waals surface area contributed by atoms with Gasteiger partial charge in [0.05, 0.1) is 11.2 Å². The molecule has 1 rings (SSSR count). The van der Waals surface area contributed by atoms with E-state index < -0.39 is 11.9 Å². The van der Waals surface area contributed by atoms with Gasteiger partial charge in [-0.2, -0.15) is 0 Å². The van der Waals surface area contributed by atoms with Crippen LogP contribution in [0.25, 0.3) is 0 Å². The number of amides is 2. The largest absolute Gasteiger partial charge is 0.385 e. The maximum Gasteiger partial charge on any atom is 0.268 e. The Morgan fingerprint density at radius 3 is 2.88 bits per heavy atom. The Kier molecular flexibility index (Phi) is 12.9. The number of methoxy groups -OCH3 is 1. The molecule has 0 aromatic rings. The van der Waals surface area contributed by atoms with E-state index in [-0.39, 0.29) is 35.9 Å². The molecule has 2 atom stereocenters. The van der Waals surface area contributed by atoms with Crippen LogP contribution in [0.3, 0.4) is 0 Å². The lowest BCUT2D eigenvalue weighted by atomic mass is 10.0. The highest BCUT2D eigenvalue weighted by Gasteiger charge is 2.23. The summed E-state index contributed by atoms with van der Waals surface area (Å²) < 4.78 is 18.1. The molecule has 0 radical (unpaired) electrons. The van der Waals surface area contributed by atoms with Gasteiger partial charge in [-0.3, -0.25) is 14.6 Å². The number of allylic oxidation sites excluding steroid dienone is 6. The van der Waals surface area contributed by atoms with Crippen LogP contribution in [0.5, 0.6) is 0 Å². The van der Waals surface area contributed by atoms with Crippen LogP contribution in [-0.4, -0.2) is 56.4 Å². The van der Waals surface area contributed by atoms with Gasteiger partial charge in [0.2, 0.25) is 5.91 Å². The lowest BCUT2D eigenvalue weighted by Crippen LogP contribution is -2.48. The van der Waals surface area contributed by atoms with Gasteiger partial charge in [0.1, 0.15) is 18.4 Å². The fourth-order valence-electron chi connectivity index (χ4n) is 2.73. The predicted molar refractivity (Wildman–Crippen MR) is 127 cm³/mol. The molecule has 0 aromatic heterocycles. The summed E-state index contributed by atoms with van der Waals surface area (Å²) in [6.07, 6.45) is 8.69. The molecular formula is C23H32ClFN4O3. The SMILES string of the molecule is C=C/C(=C\C=C(/C)F)CC(NC(=O)/C1=C/C(=C)CC(Cl)C=NCN1)C(=O)NCCCOC. The molecule has 2 amide bonds. The van der Waals surface area contributed by atoms with Gasteiger partial charge in [-0.15, -0.1) is 11.6 Å². The summed E-state index contributed by atoms with van der Waals surface area (Å²) in [5, 5.41) is 8.12. The lowest BCUT2D eigenvalue weighted by Gasteiger charge is -2.20. The summed E-state index contributed by atoms with van der Waals surface area (Å²) in [6, 6.07) is -0.907. The normalized spacial score (nSPS) is 20.1. The van der Waals surface area contributed by atoms with E-state index in [1.807, 2.05) is 0 Å². The fraction of sp³-hybridized carbons (Fsp3) is 0.435. The van der Waals surface area contributed by atoms with E-state index in [1.54, 1.807) is 19.4 Å². The van der Waals surface area contributed by atoms with Crippen LogP contribution in [0, 0.1) is 0 Å². The molecule has 9 heteroatoms. The van der Waals surface area contributed by atoms with Gasteiger partial charge in [0.15, 0.2) is 0 Å². The molecule has 0 aliphatic carbocycles. The molecule has 0 aromatic carbocycles. The van der Waals surface area contributed by atoms with Gasteiger partial charge < -0.3 is 20.7 Å². The van der Waals surface area contributed by atoms with Gasteiger partial charge in [-0.1, -0.05) is 30.9 Å². The molecule has 0 spiro atoms. The summed E-state index contributed by atoms with van der Waals surface area (Å²) in [7, 11) is 1.58. The fourth-order valence-corrected chi connectivity index (χ4v) is 3.01. The van der Waals surface area contributed by atoms with Gasteiger partial charge in [0, 0.05) is 32.9 Å². The number of carbonyl (C=O) groups is 2. The first kappa shape index (κ1) is 27.3. The first-order chi connectivity index (χ1) is 15.3. The van der Waals surface area contributed by atoms with E-state index in [2.05, 4.69) is 34.1 Å². The Labute approximate surface area is 194 Å². The molecule has 2 unspecified atom stereocenters. The van der Waals surface area contributed by atoms with Gasteiger partial charge in [-0.05, 0) is 37.5 Å². The lowest BCUT2D eigenvalue weighted by molar-refractivity contribution is -0.127. The van der Waals surface area contributed by atoms with Crippen molar-refractivity contribution < 1.29 is 18.7 Å². The van der Waals surface area contributed by atoms with E-state index >= 15 is 0 Å². The summed E-state index contributed by atoms with van der Waals surface area (Å²) in [5.74, 6) is -1.25. The topological polar surface area (TPSA) is 91.8 Å². The second kappa shape index (κ2) is 15.2. The molecule has 32 heavy (non-hydrogen) atoms. The Bertz CT molecular complexity index is 801. The standard InChI is InChI=1S/C23H32ClFN4O3/c1-5-18(8-7-17(3)25)13-21(22(30)27-9-6-10-32-4)29-23(31)20-12-16(2)11-19(24)14-26-15-28-20/h5,7-8,12,14,19,21,28H,1-2,6,9-11,13,15H2,3-4H3,(H,27,30)(H,29,31)/b17-7+,18-8+,20-12-,26-14?. The minimum Gasteiger partial charge on any atom is -0.385 e. The monoisotopic (exact) mass is 466 g/mol. The molecule has 1 aliphatic rings. The highest BCUT2D eigenvalue weighted by atomic mass is 35.5. The summed E-state index contributed by atoms with van der Waals surface area (Å²) >= 11 is 6.13. The quantitative estimate of drug-likeness (QED) is 0.248. The minimum absolute atomic E-state index is 0.130. The smallest absolute Gasteiger partial charge is 0.268 e. The molecule has 1 aliphatic heterocycles. The van der Waals surface area contributed by atoms with Crippen LogP contribution in [0.4, 0.5) is 4.39 Å². The third-order valence-electron chi connectivity index (χ3n) is 4.35. The number of hydrogen-bond donors (Lipinski definition) is 3. The highest BCUT2D eigenvalue weighted by molar-refractivity contribution is 6.28. The Hall–Kier alpha value is -2.71. The second-order valence-corrected chi connectivity index (χ2v) is 7.73. The van der Waals surface area contributed by atoms with Crippen molar-refractivity contribution in [1.82, 2.24) is 16.0 Å². The molecule has 7 nitrogen and oxygen atoms in total. The number of ether oxygens (including phenoxy) is 1. The molecule has 0 saturated heterocycles. The van der Waals surface area contributed by atoms with Crippen LogP contribution in [0.2, 0.25) is 0 Å². The van der Waals surface area contributed by atoms with Crippen molar-refractivity contribution in [2.24, 2.45) is 4.99 Å². The zero-order valence-electron chi connectivity index (χ0n) is 18.6. The van der Waals surface area contributed by atoms with Gasteiger partial charge in [0.25, 0.3) is 5.91 Å². The zero-order chi connectivity index (χ0) is 23.9. The third kappa shape index (κ3) is 11.1. The van der Waals surface area contributed by atoms with Crippen molar-refractivity contribution in [2.45, 2.75) is 37.6 Å². The Balaban J connectivity index is 3.02. The summed E-state index contributed by atoms with van der Waals surface area (Å²) in [5.41, 5.74) is 1.46. The number of nitrogens with one attached hydrogen (secondary N) is 3. The van der Waals surface area contributed by atoms with Gasteiger partial charge >= 0.3 is 0 Å². The van der Waals surface area contributed by atoms with Crippen molar-refractivity contribution in [3.05, 3.63) is 60.1 Å². The average Bonchev–Trinajstić information content (AvgIpc) is 2.82. The first-order valence-corrected chi connectivity index (χ1v) is 10.7. The number of alkyl halides is 1. The van der Waals surface area contributed by atoms with Crippen LogP contribution >= 0.6 is 11.6 Å². The molecule has 0 fully saturated rings. The third-order valence-corrected chi connectivity index (χ3v) is 4.62. The number of halogens is 2. The Morgan fingerprint density at radius 2 is 2.22 bits per heavy atom. The van der Waals surface area contributed by atoms with E-state index in [9.17, 15) is 14.0 Å². The van der Waals surface area contributed by atoms with Crippen LogP contribution in [-0.2, 0) is 14.3 Å². The number of rotatable bonds is 11. The number of hydrogen-bond acceptors (Lipinski definition) is 5. The number of nitrogens with zero attached hydrogens (tertiary/aromatic N) is 1. The zero-order valence-corrected chi connectivity index (χ0v) is 19.4. The predicted octanol–water partition coefficient (Wildman–Crippen LogP) is 3.07. The molecule has 176 valence electrons. The number of aliphatic imine (C=N–C) groups is 1. The summed E-state index contributed by atoms with van der Waals surface area (Å²) in [4.78, 5) is 29.9. The average molecular weight is 467 g/mol. The Morgan fingerprint density at radius 1 is 1.47 bits per heavy atom. The maximum absolute atomic E-state index is 13.1. The van der Waals surface area contributed by atoms with Crippen molar-refractivity contribution in [3.8, 4) is 0 Å². The van der Waals surface area contributed by atoms with Crippen molar-refractivity contribution in [1.29, 1.82) is 0 Å². The van der Waals surface area contributed by atoms with Crippen LogP contribution in [0.15, 0.2) is 65.1 Å².